The third-order valence-electron chi connectivity index (χ3n) is 1.98. The van der Waals surface area contributed by atoms with E-state index < -0.39 is 11.6 Å². The average Bonchev–Trinajstić information content (AvgIpc) is 2.05. The number of rotatable bonds is 6. The van der Waals surface area contributed by atoms with Gasteiger partial charge in [0.05, 0.1) is 6.61 Å². The Labute approximate surface area is 80.1 Å². The zero-order chi connectivity index (χ0) is 10.3. The molecule has 0 aliphatic heterocycles. The lowest BCUT2D eigenvalue weighted by molar-refractivity contribution is -0.166. The summed E-state index contributed by atoms with van der Waals surface area (Å²) >= 11 is 0. The summed E-state index contributed by atoms with van der Waals surface area (Å²) in [5, 5.41) is 9.94. The monoisotopic (exact) mass is 188 g/mol. The minimum absolute atomic E-state index is 0.328. The van der Waals surface area contributed by atoms with Crippen LogP contribution >= 0.6 is 0 Å². The van der Waals surface area contributed by atoms with Gasteiger partial charge in [-0.05, 0) is 19.8 Å². The number of aliphatic hydroxyl groups is 1. The molecular formula is C10H20O3. The number of hydrogen-bond donors (Lipinski definition) is 1. The van der Waals surface area contributed by atoms with Crippen LogP contribution < -0.4 is 0 Å². The van der Waals surface area contributed by atoms with E-state index in [2.05, 4.69) is 0 Å². The van der Waals surface area contributed by atoms with E-state index in [1.807, 2.05) is 13.8 Å². The fraction of sp³-hybridized carbons (Fsp3) is 0.900. The van der Waals surface area contributed by atoms with Crippen LogP contribution in [0.4, 0.5) is 0 Å². The molecule has 0 aromatic heterocycles. The molecule has 0 radical (unpaired) electrons. The number of carbonyl (C=O) groups excluding carboxylic acids is 1. The summed E-state index contributed by atoms with van der Waals surface area (Å²) in [6.45, 7) is 5.96. The number of carbonyl (C=O) groups is 1. The van der Waals surface area contributed by atoms with E-state index in [1.54, 1.807) is 6.92 Å². The molecule has 3 heteroatoms. The smallest absolute Gasteiger partial charge is 0.338 e. The zero-order valence-corrected chi connectivity index (χ0v) is 8.80. The van der Waals surface area contributed by atoms with Gasteiger partial charge in [-0.1, -0.05) is 26.7 Å². The van der Waals surface area contributed by atoms with Crippen LogP contribution in [0, 0.1) is 0 Å². The molecule has 0 saturated carbocycles. The Hall–Kier alpha value is -0.570. The van der Waals surface area contributed by atoms with E-state index in [0.29, 0.717) is 19.4 Å². The number of esters is 1. The fourth-order valence-corrected chi connectivity index (χ4v) is 1.42. The van der Waals surface area contributed by atoms with Gasteiger partial charge in [0.25, 0.3) is 0 Å². The molecule has 78 valence electrons. The molecule has 0 bridgehead atoms. The fourth-order valence-electron chi connectivity index (χ4n) is 1.42. The molecular weight excluding hydrogens is 168 g/mol. The van der Waals surface area contributed by atoms with Crippen LogP contribution in [0.3, 0.4) is 0 Å². The molecule has 0 aliphatic rings. The van der Waals surface area contributed by atoms with Crippen molar-refractivity contribution in [1.29, 1.82) is 0 Å². The summed E-state index contributed by atoms with van der Waals surface area (Å²) < 4.78 is 4.82. The van der Waals surface area contributed by atoms with Crippen molar-refractivity contribution in [2.45, 2.75) is 52.1 Å². The topological polar surface area (TPSA) is 46.5 Å². The number of hydrogen-bond acceptors (Lipinski definition) is 3. The second-order valence-corrected chi connectivity index (χ2v) is 3.25. The van der Waals surface area contributed by atoms with Crippen LogP contribution in [0.15, 0.2) is 0 Å². The van der Waals surface area contributed by atoms with Crippen molar-refractivity contribution >= 4 is 5.97 Å². The first-order chi connectivity index (χ1) is 6.10. The Morgan fingerprint density at radius 1 is 1.23 bits per heavy atom. The minimum atomic E-state index is -1.25. The van der Waals surface area contributed by atoms with Gasteiger partial charge in [-0.3, -0.25) is 0 Å². The van der Waals surface area contributed by atoms with E-state index >= 15 is 0 Å². The Bertz CT molecular complexity index is 148. The molecule has 0 aromatic rings. The molecule has 0 amide bonds. The lowest BCUT2D eigenvalue weighted by Crippen LogP contribution is -2.39. The maximum atomic E-state index is 11.4. The van der Waals surface area contributed by atoms with E-state index in [-0.39, 0.29) is 0 Å². The highest BCUT2D eigenvalue weighted by molar-refractivity contribution is 5.79. The maximum Gasteiger partial charge on any atom is 0.338 e. The third-order valence-corrected chi connectivity index (χ3v) is 1.98. The quantitative estimate of drug-likeness (QED) is 0.647. The van der Waals surface area contributed by atoms with Gasteiger partial charge in [-0.25, -0.2) is 4.79 Å². The molecule has 0 saturated heterocycles. The molecule has 0 aliphatic carbocycles. The highest BCUT2D eigenvalue weighted by Crippen LogP contribution is 2.21. The second-order valence-electron chi connectivity index (χ2n) is 3.25. The molecule has 0 unspecified atom stereocenters. The van der Waals surface area contributed by atoms with E-state index in [0.717, 1.165) is 12.8 Å². The first-order valence-electron chi connectivity index (χ1n) is 5.00. The van der Waals surface area contributed by atoms with Crippen LogP contribution in [0.5, 0.6) is 0 Å². The standard InChI is InChI=1S/C10H20O3/c1-4-7-10(12,8-5-2)9(11)13-6-3/h12H,4-8H2,1-3H3. The SMILES string of the molecule is CCCC(O)(CCC)C(=O)OCC. The van der Waals surface area contributed by atoms with Crippen molar-refractivity contribution in [3.8, 4) is 0 Å². The highest BCUT2D eigenvalue weighted by Gasteiger charge is 2.35. The summed E-state index contributed by atoms with van der Waals surface area (Å²) in [6.07, 6.45) is 2.55. The van der Waals surface area contributed by atoms with Crippen molar-refractivity contribution in [2.24, 2.45) is 0 Å². The van der Waals surface area contributed by atoms with Gasteiger partial charge in [-0.15, -0.1) is 0 Å². The van der Waals surface area contributed by atoms with Gasteiger partial charge in [-0.2, -0.15) is 0 Å². The molecule has 3 nitrogen and oxygen atoms in total. The van der Waals surface area contributed by atoms with Crippen LogP contribution in [0.25, 0.3) is 0 Å². The molecule has 0 spiro atoms. The van der Waals surface area contributed by atoms with Crippen molar-refractivity contribution < 1.29 is 14.6 Å². The van der Waals surface area contributed by atoms with Crippen molar-refractivity contribution in [2.75, 3.05) is 6.61 Å². The van der Waals surface area contributed by atoms with Crippen molar-refractivity contribution in [3.05, 3.63) is 0 Å². The summed E-state index contributed by atoms with van der Waals surface area (Å²) in [4.78, 5) is 11.4. The van der Waals surface area contributed by atoms with Gasteiger partial charge in [0.1, 0.15) is 0 Å². The van der Waals surface area contributed by atoms with Gasteiger partial charge < -0.3 is 9.84 Å². The lowest BCUT2D eigenvalue weighted by atomic mass is 9.93. The van der Waals surface area contributed by atoms with Gasteiger partial charge >= 0.3 is 5.97 Å². The highest BCUT2D eigenvalue weighted by atomic mass is 16.5. The average molecular weight is 188 g/mol. The van der Waals surface area contributed by atoms with Crippen LogP contribution in [0.1, 0.15) is 46.5 Å². The predicted molar refractivity (Wildman–Crippen MR) is 51.4 cm³/mol. The first kappa shape index (κ1) is 12.4. The van der Waals surface area contributed by atoms with E-state index in [9.17, 15) is 9.90 Å². The summed E-state index contributed by atoms with van der Waals surface area (Å²) in [6, 6.07) is 0. The summed E-state index contributed by atoms with van der Waals surface area (Å²) in [5.41, 5.74) is -1.25. The number of ether oxygens (including phenoxy) is 1. The van der Waals surface area contributed by atoms with E-state index in [4.69, 9.17) is 4.74 Å². The zero-order valence-electron chi connectivity index (χ0n) is 8.80. The molecule has 0 aromatic carbocycles. The normalized spacial score (nSPS) is 11.4. The van der Waals surface area contributed by atoms with Crippen LogP contribution in [-0.4, -0.2) is 23.3 Å². The minimum Gasteiger partial charge on any atom is -0.464 e. The van der Waals surface area contributed by atoms with Crippen LogP contribution in [0.2, 0.25) is 0 Å². The first-order valence-corrected chi connectivity index (χ1v) is 5.00. The van der Waals surface area contributed by atoms with Gasteiger partial charge in [0.2, 0.25) is 0 Å². The second kappa shape index (κ2) is 5.97. The van der Waals surface area contributed by atoms with Crippen molar-refractivity contribution in [1.82, 2.24) is 0 Å². The molecule has 0 rings (SSSR count). The molecule has 0 atom stereocenters. The Kier molecular flexibility index (Phi) is 5.71. The molecule has 0 fully saturated rings. The molecule has 1 N–H and O–H groups in total. The lowest BCUT2D eigenvalue weighted by Gasteiger charge is -2.24. The summed E-state index contributed by atoms with van der Waals surface area (Å²) in [7, 11) is 0. The third kappa shape index (κ3) is 3.77. The largest absolute Gasteiger partial charge is 0.464 e. The Morgan fingerprint density at radius 3 is 2.00 bits per heavy atom. The van der Waals surface area contributed by atoms with E-state index in [1.165, 1.54) is 0 Å². The Balaban J connectivity index is 4.27. The van der Waals surface area contributed by atoms with Crippen LogP contribution in [-0.2, 0) is 9.53 Å². The Morgan fingerprint density at radius 2 is 1.69 bits per heavy atom. The predicted octanol–water partition coefficient (Wildman–Crippen LogP) is 1.88. The summed E-state index contributed by atoms with van der Waals surface area (Å²) in [5.74, 6) is -0.473. The van der Waals surface area contributed by atoms with Gasteiger partial charge in [0, 0.05) is 0 Å². The van der Waals surface area contributed by atoms with Crippen molar-refractivity contribution in [3.63, 3.8) is 0 Å². The maximum absolute atomic E-state index is 11.4. The molecule has 13 heavy (non-hydrogen) atoms. The molecule has 0 heterocycles. The van der Waals surface area contributed by atoms with Gasteiger partial charge in [0.15, 0.2) is 5.60 Å².